The Morgan fingerprint density at radius 3 is 2.30 bits per heavy atom. The van der Waals surface area contributed by atoms with Gasteiger partial charge in [-0.3, -0.25) is 10.3 Å². The Hall–Kier alpha value is -1.39. The molecule has 1 heterocycles. The molecule has 1 aromatic rings. The van der Waals surface area contributed by atoms with Crippen molar-refractivity contribution in [3.8, 4) is 0 Å². The van der Waals surface area contributed by atoms with Crippen LogP contribution in [0.15, 0.2) is 30.3 Å². The van der Waals surface area contributed by atoms with Gasteiger partial charge in [0.1, 0.15) is 5.60 Å². The van der Waals surface area contributed by atoms with E-state index in [-0.39, 0.29) is 0 Å². The van der Waals surface area contributed by atoms with Crippen molar-refractivity contribution in [2.45, 2.75) is 37.7 Å². The lowest BCUT2D eigenvalue weighted by Crippen LogP contribution is -2.53. The molecule has 0 aromatic heterocycles. The van der Waals surface area contributed by atoms with Gasteiger partial charge in [-0.25, -0.2) is 0 Å². The fourth-order valence-corrected chi connectivity index (χ4v) is 4.15. The third kappa shape index (κ3) is 3.75. The molecule has 0 spiro atoms. The number of hydrogen-bond donors (Lipinski definition) is 2. The number of β-amino-alcohol motifs (C(OH)–C–C–N with tert-alkyl or cyclic N) is 1. The monoisotopic (exact) mass is 315 g/mol. The number of hydrogen-bond acceptors (Lipinski definition) is 3. The number of nitrogens with zero attached hydrogens (tertiary/aromatic N) is 2. The number of rotatable bonds is 5. The minimum atomic E-state index is -0.742. The molecule has 4 heteroatoms. The molecule has 1 saturated carbocycles. The summed E-state index contributed by atoms with van der Waals surface area (Å²) in [7, 11) is 0. The maximum absolute atomic E-state index is 11.7. The van der Waals surface area contributed by atoms with Gasteiger partial charge in [0, 0.05) is 32.7 Å². The summed E-state index contributed by atoms with van der Waals surface area (Å²) in [6, 6.07) is 10.3. The molecule has 1 aliphatic heterocycles. The Morgan fingerprint density at radius 1 is 1.04 bits per heavy atom. The summed E-state index contributed by atoms with van der Waals surface area (Å²) in [6.45, 7) is 4.35. The number of piperazine rings is 1. The highest BCUT2D eigenvalue weighted by Gasteiger charge is 2.40. The minimum Gasteiger partial charge on any atom is -0.384 e. The zero-order valence-corrected chi connectivity index (χ0v) is 14.0. The van der Waals surface area contributed by atoms with Crippen LogP contribution in [-0.2, 0) is 5.60 Å². The number of benzene rings is 1. The van der Waals surface area contributed by atoms with Crippen molar-refractivity contribution in [1.29, 1.82) is 5.41 Å². The van der Waals surface area contributed by atoms with Crippen molar-refractivity contribution in [1.82, 2.24) is 9.80 Å². The molecule has 0 amide bonds. The second kappa shape index (κ2) is 7.45. The maximum Gasteiger partial charge on any atom is 0.105 e. The molecule has 0 bridgehead atoms. The fraction of sp³-hybridized carbons (Fsp3) is 0.632. The summed E-state index contributed by atoms with van der Waals surface area (Å²) in [4.78, 5) is 4.42. The first-order valence-electron chi connectivity index (χ1n) is 8.97. The third-order valence-corrected chi connectivity index (χ3v) is 5.61. The standard InChI is InChI=1S/C19H29N3O/c20-16-22-13-11-21(12-14-22)15-19(23,17-7-3-1-4-8-17)18-9-5-2-6-10-18/h1,3-4,7-8,16,18,20,23H,2,5-6,9-15H2. The van der Waals surface area contributed by atoms with Gasteiger partial charge in [0.2, 0.25) is 0 Å². The van der Waals surface area contributed by atoms with Crippen LogP contribution in [0.4, 0.5) is 0 Å². The van der Waals surface area contributed by atoms with Crippen LogP contribution in [0.1, 0.15) is 37.7 Å². The van der Waals surface area contributed by atoms with Gasteiger partial charge in [-0.2, -0.15) is 0 Å². The van der Waals surface area contributed by atoms with Crippen molar-refractivity contribution in [3.05, 3.63) is 35.9 Å². The third-order valence-electron chi connectivity index (χ3n) is 5.61. The zero-order chi connectivity index (χ0) is 16.1. The predicted molar refractivity (Wildman–Crippen MR) is 93.7 cm³/mol. The van der Waals surface area contributed by atoms with E-state index in [1.165, 1.54) is 25.6 Å². The molecule has 1 aromatic carbocycles. The molecule has 1 atom stereocenters. The second-order valence-electron chi connectivity index (χ2n) is 7.07. The number of aliphatic hydroxyl groups is 1. The summed E-state index contributed by atoms with van der Waals surface area (Å²) >= 11 is 0. The SMILES string of the molecule is N=CN1CCN(CC(O)(c2ccccc2)C2CCCCC2)CC1. The average Bonchev–Trinajstić information content (AvgIpc) is 2.64. The fourth-order valence-electron chi connectivity index (χ4n) is 4.15. The van der Waals surface area contributed by atoms with Crippen molar-refractivity contribution in [2.75, 3.05) is 32.7 Å². The Morgan fingerprint density at radius 2 is 1.70 bits per heavy atom. The highest BCUT2D eigenvalue weighted by atomic mass is 16.3. The van der Waals surface area contributed by atoms with E-state index in [2.05, 4.69) is 17.0 Å². The summed E-state index contributed by atoms with van der Waals surface area (Å²) in [5.74, 6) is 0.361. The molecular formula is C19H29N3O. The van der Waals surface area contributed by atoms with Crippen LogP contribution in [-0.4, -0.2) is 54.0 Å². The Kier molecular flexibility index (Phi) is 5.34. The van der Waals surface area contributed by atoms with E-state index in [9.17, 15) is 5.11 Å². The van der Waals surface area contributed by atoms with E-state index in [0.717, 1.165) is 44.6 Å². The first-order chi connectivity index (χ1) is 11.2. The number of nitrogens with one attached hydrogen (secondary N) is 1. The van der Waals surface area contributed by atoms with Gasteiger partial charge in [-0.15, -0.1) is 0 Å². The van der Waals surface area contributed by atoms with Crippen LogP contribution in [0.2, 0.25) is 0 Å². The van der Waals surface area contributed by atoms with Gasteiger partial charge < -0.3 is 10.0 Å². The topological polar surface area (TPSA) is 50.6 Å². The van der Waals surface area contributed by atoms with Gasteiger partial charge in [-0.1, -0.05) is 49.6 Å². The molecule has 0 radical (unpaired) electrons. The van der Waals surface area contributed by atoms with Crippen LogP contribution in [0, 0.1) is 11.3 Å². The van der Waals surface area contributed by atoms with Gasteiger partial charge in [0.05, 0.1) is 6.34 Å². The normalized spacial score (nSPS) is 23.4. The maximum atomic E-state index is 11.7. The van der Waals surface area contributed by atoms with E-state index in [0.29, 0.717) is 12.5 Å². The lowest BCUT2D eigenvalue weighted by molar-refractivity contribution is -0.0681. The van der Waals surface area contributed by atoms with Gasteiger partial charge in [-0.05, 0) is 24.3 Å². The highest BCUT2D eigenvalue weighted by Crippen LogP contribution is 2.40. The Labute approximate surface area is 139 Å². The lowest BCUT2D eigenvalue weighted by atomic mass is 9.73. The van der Waals surface area contributed by atoms with Gasteiger partial charge in [0.25, 0.3) is 0 Å². The van der Waals surface area contributed by atoms with E-state index < -0.39 is 5.60 Å². The molecule has 126 valence electrons. The largest absolute Gasteiger partial charge is 0.384 e. The zero-order valence-electron chi connectivity index (χ0n) is 14.0. The first-order valence-corrected chi connectivity index (χ1v) is 8.97. The van der Waals surface area contributed by atoms with E-state index in [1.54, 1.807) is 0 Å². The first kappa shape index (κ1) is 16.5. The van der Waals surface area contributed by atoms with Crippen molar-refractivity contribution < 1.29 is 5.11 Å². The summed E-state index contributed by atoms with van der Waals surface area (Å²) in [6.07, 6.45) is 7.47. The quantitative estimate of drug-likeness (QED) is 0.649. The highest BCUT2D eigenvalue weighted by molar-refractivity contribution is 5.50. The summed E-state index contributed by atoms with van der Waals surface area (Å²) in [5.41, 5.74) is 0.329. The molecule has 1 aliphatic carbocycles. The van der Waals surface area contributed by atoms with E-state index >= 15 is 0 Å². The predicted octanol–water partition coefficient (Wildman–Crippen LogP) is 2.68. The molecule has 3 rings (SSSR count). The molecule has 2 fully saturated rings. The van der Waals surface area contributed by atoms with Crippen LogP contribution < -0.4 is 0 Å². The smallest absolute Gasteiger partial charge is 0.105 e. The van der Waals surface area contributed by atoms with E-state index in [4.69, 9.17) is 5.41 Å². The van der Waals surface area contributed by atoms with Crippen molar-refractivity contribution in [3.63, 3.8) is 0 Å². The Balaban J connectivity index is 1.76. The summed E-state index contributed by atoms with van der Waals surface area (Å²) < 4.78 is 0. The molecule has 1 saturated heterocycles. The Bertz CT molecular complexity index is 493. The van der Waals surface area contributed by atoms with Crippen LogP contribution >= 0.6 is 0 Å². The molecule has 4 nitrogen and oxygen atoms in total. The molecule has 1 unspecified atom stereocenters. The summed E-state index contributed by atoms with van der Waals surface area (Å²) in [5, 5.41) is 19.1. The van der Waals surface area contributed by atoms with Gasteiger partial charge in [0.15, 0.2) is 0 Å². The van der Waals surface area contributed by atoms with Crippen LogP contribution in [0.5, 0.6) is 0 Å². The van der Waals surface area contributed by atoms with Crippen LogP contribution in [0.25, 0.3) is 0 Å². The second-order valence-corrected chi connectivity index (χ2v) is 7.07. The van der Waals surface area contributed by atoms with Crippen molar-refractivity contribution >= 4 is 6.34 Å². The molecular weight excluding hydrogens is 286 g/mol. The van der Waals surface area contributed by atoms with Crippen molar-refractivity contribution in [2.24, 2.45) is 5.92 Å². The molecule has 23 heavy (non-hydrogen) atoms. The minimum absolute atomic E-state index is 0.361. The lowest BCUT2D eigenvalue weighted by Gasteiger charge is -2.44. The molecule has 2 N–H and O–H groups in total. The molecule has 2 aliphatic rings. The van der Waals surface area contributed by atoms with Gasteiger partial charge >= 0.3 is 0 Å². The van der Waals surface area contributed by atoms with E-state index in [1.807, 2.05) is 23.1 Å². The van der Waals surface area contributed by atoms with Crippen LogP contribution in [0.3, 0.4) is 0 Å². The average molecular weight is 315 g/mol.